The largest absolute Gasteiger partial charge is 0.377 e. The number of aromatic nitrogens is 2. The standard InChI is InChI=1S/C20H32N6O2/c1-2-20(27)26-13-11-25(12-14-26)19-6-5-18(21-22-19)24-9-7-23(8-10-24)16-17-4-3-15-28-17/h5-6,17H,2-4,7-16H2,1H3. The number of piperazine rings is 2. The number of hydrogen-bond acceptors (Lipinski definition) is 7. The number of carbonyl (C=O) groups is 1. The summed E-state index contributed by atoms with van der Waals surface area (Å²) in [5, 5.41) is 8.95. The third-order valence-corrected chi connectivity index (χ3v) is 6.08. The Labute approximate surface area is 167 Å². The molecule has 8 nitrogen and oxygen atoms in total. The minimum Gasteiger partial charge on any atom is -0.377 e. The predicted octanol–water partition coefficient (Wildman–Crippen LogP) is 0.836. The van der Waals surface area contributed by atoms with Crippen molar-refractivity contribution in [2.75, 3.05) is 75.3 Å². The summed E-state index contributed by atoms with van der Waals surface area (Å²) in [7, 11) is 0. The molecule has 1 aromatic heterocycles. The number of rotatable bonds is 5. The molecule has 3 saturated heterocycles. The highest BCUT2D eigenvalue weighted by molar-refractivity contribution is 5.76. The smallest absolute Gasteiger partial charge is 0.222 e. The van der Waals surface area contributed by atoms with Crippen LogP contribution in [0.4, 0.5) is 11.6 Å². The van der Waals surface area contributed by atoms with Gasteiger partial charge >= 0.3 is 0 Å². The van der Waals surface area contributed by atoms with Crippen LogP contribution in [-0.4, -0.2) is 97.5 Å². The van der Waals surface area contributed by atoms with Crippen molar-refractivity contribution in [3.05, 3.63) is 12.1 Å². The molecule has 3 aliphatic heterocycles. The van der Waals surface area contributed by atoms with Crippen molar-refractivity contribution < 1.29 is 9.53 Å². The molecule has 3 fully saturated rings. The minimum atomic E-state index is 0.236. The molecule has 8 heteroatoms. The van der Waals surface area contributed by atoms with E-state index in [2.05, 4.69) is 37.0 Å². The van der Waals surface area contributed by atoms with Gasteiger partial charge in [0, 0.05) is 71.9 Å². The normalized spacial score (nSPS) is 24.0. The first-order chi connectivity index (χ1) is 13.7. The van der Waals surface area contributed by atoms with E-state index >= 15 is 0 Å². The van der Waals surface area contributed by atoms with Crippen LogP contribution < -0.4 is 9.80 Å². The van der Waals surface area contributed by atoms with Gasteiger partial charge in [-0.25, -0.2) is 0 Å². The highest BCUT2D eigenvalue weighted by Crippen LogP contribution is 2.19. The molecule has 1 atom stereocenters. The summed E-state index contributed by atoms with van der Waals surface area (Å²) in [4.78, 5) is 20.8. The van der Waals surface area contributed by atoms with Crippen molar-refractivity contribution in [3.63, 3.8) is 0 Å². The monoisotopic (exact) mass is 388 g/mol. The van der Waals surface area contributed by atoms with Gasteiger partial charge in [-0.2, -0.15) is 0 Å². The minimum absolute atomic E-state index is 0.236. The molecule has 4 rings (SSSR count). The predicted molar refractivity (Wildman–Crippen MR) is 109 cm³/mol. The van der Waals surface area contributed by atoms with E-state index in [0.29, 0.717) is 12.5 Å². The summed E-state index contributed by atoms with van der Waals surface area (Å²) in [6.07, 6.45) is 3.42. The average Bonchev–Trinajstić information content (AvgIpc) is 3.27. The Morgan fingerprint density at radius 3 is 2.11 bits per heavy atom. The number of nitrogens with zero attached hydrogens (tertiary/aromatic N) is 6. The molecule has 0 bridgehead atoms. The Balaban J connectivity index is 1.25. The van der Waals surface area contributed by atoms with Crippen LogP contribution in [0.2, 0.25) is 0 Å². The van der Waals surface area contributed by atoms with Gasteiger partial charge in [0.2, 0.25) is 5.91 Å². The lowest BCUT2D eigenvalue weighted by Gasteiger charge is -2.37. The van der Waals surface area contributed by atoms with Gasteiger partial charge in [0.25, 0.3) is 0 Å². The number of carbonyl (C=O) groups excluding carboxylic acids is 1. The number of anilines is 2. The molecule has 154 valence electrons. The van der Waals surface area contributed by atoms with Crippen LogP contribution in [0.3, 0.4) is 0 Å². The summed E-state index contributed by atoms with van der Waals surface area (Å²) in [5.74, 6) is 2.10. The van der Waals surface area contributed by atoms with E-state index in [-0.39, 0.29) is 5.91 Å². The van der Waals surface area contributed by atoms with Crippen molar-refractivity contribution in [3.8, 4) is 0 Å². The molecule has 1 amide bonds. The molecular formula is C20H32N6O2. The Morgan fingerprint density at radius 2 is 1.61 bits per heavy atom. The van der Waals surface area contributed by atoms with Crippen molar-refractivity contribution in [1.29, 1.82) is 0 Å². The number of hydrogen-bond donors (Lipinski definition) is 0. The van der Waals surface area contributed by atoms with E-state index in [1.54, 1.807) is 0 Å². The lowest BCUT2D eigenvalue weighted by molar-refractivity contribution is -0.131. The van der Waals surface area contributed by atoms with Crippen molar-refractivity contribution in [2.24, 2.45) is 0 Å². The average molecular weight is 389 g/mol. The highest BCUT2D eigenvalue weighted by atomic mass is 16.5. The first-order valence-corrected chi connectivity index (χ1v) is 10.7. The van der Waals surface area contributed by atoms with Crippen LogP contribution in [0, 0.1) is 0 Å². The molecule has 4 heterocycles. The SMILES string of the molecule is CCC(=O)N1CCN(c2ccc(N3CCN(CC4CCCO4)CC3)nn2)CC1. The lowest BCUT2D eigenvalue weighted by Crippen LogP contribution is -2.49. The zero-order chi connectivity index (χ0) is 19.3. The first-order valence-electron chi connectivity index (χ1n) is 10.7. The Morgan fingerprint density at radius 1 is 1.00 bits per heavy atom. The van der Waals surface area contributed by atoms with Gasteiger partial charge in [0.15, 0.2) is 11.6 Å². The molecule has 1 unspecified atom stereocenters. The second kappa shape index (κ2) is 9.05. The molecule has 1 aromatic rings. The highest BCUT2D eigenvalue weighted by Gasteiger charge is 2.24. The molecule has 3 aliphatic rings. The molecule has 0 radical (unpaired) electrons. The fourth-order valence-electron chi connectivity index (χ4n) is 4.30. The Hall–Kier alpha value is -1.93. The number of amides is 1. The molecule has 0 spiro atoms. The van der Waals surface area contributed by atoms with E-state index in [9.17, 15) is 4.79 Å². The fraction of sp³-hybridized carbons (Fsp3) is 0.750. The number of ether oxygens (including phenoxy) is 1. The van der Waals surface area contributed by atoms with Gasteiger partial charge in [0.05, 0.1) is 6.10 Å². The van der Waals surface area contributed by atoms with Crippen molar-refractivity contribution in [1.82, 2.24) is 20.0 Å². The summed E-state index contributed by atoms with van der Waals surface area (Å²) in [6, 6.07) is 4.15. The molecule has 28 heavy (non-hydrogen) atoms. The summed E-state index contributed by atoms with van der Waals surface area (Å²) < 4.78 is 5.76. The lowest BCUT2D eigenvalue weighted by atomic mass is 10.2. The molecule has 0 saturated carbocycles. The van der Waals surface area contributed by atoms with E-state index in [4.69, 9.17) is 4.74 Å². The van der Waals surface area contributed by atoms with Gasteiger partial charge in [-0.3, -0.25) is 9.69 Å². The van der Waals surface area contributed by atoms with Crippen LogP contribution >= 0.6 is 0 Å². The van der Waals surface area contributed by atoms with Gasteiger partial charge in [-0.05, 0) is 25.0 Å². The molecule has 0 aliphatic carbocycles. The maximum Gasteiger partial charge on any atom is 0.222 e. The Kier molecular flexibility index (Phi) is 6.26. The second-order valence-electron chi connectivity index (χ2n) is 7.89. The third kappa shape index (κ3) is 4.55. The molecule has 0 aromatic carbocycles. The third-order valence-electron chi connectivity index (χ3n) is 6.08. The van der Waals surface area contributed by atoms with Crippen LogP contribution in [0.5, 0.6) is 0 Å². The summed E-state index contributed by atoms with van der Waals surface area (Å²) >= 11 is 0. The van der Waals surface area contributed by atoms with Gasteiger partial charge in [-0.1, -0.05) is 6.92 Å². The Bertz CT molecular complexity index is 633. The van der Waals surface area contributed by atoms with Crippen LogP contribution in [-0.2, 0) is 9.53 Å². The summed E-state index contributed by atoms with van der Waals surface area (Å²) in [6.45, 7) is 11.2. The van der Waals surface area contributed by atoms with E-state index in [1.165, 1.54) is 12.8 Å². The van der Waals surface area contributed by atoms with Gasteiger partial charge in [0.1, 0.15) is 0 Å². The molecule has 0 N–H and O–H groups in total. The maximum atomic E-state index is 11.8. The zero-order valence-corrected chi connectivity index (χ0v) is 16.9. The zero-order valence-electron chi connectivity index (χ0n) is 16.9. The van der Waals surface area contributed by atoms with E-state index in [1.807, 2.05) is 11.8 Å². The van der Waals surface area contributed by atoms with Gasteiger partial charge in [-0.15, -0.1) is 10.2 Å². The fourth-order valence-corrected chi connectivity index (χ4v) is 4.30. The quantitative estimate of drug-likeness (QED) is 0.740. The maximum absolute atomic E-state index is 11.8. The second-order valence-corrected chi connectivity index (χ2v) is 7.89. The van der Waals surface area contributed by atoms with Gasteiger partial charge < -0.3 is 19.4 Å². The van der Waals surface area contributed by atoms with Crippen molar-refractivity contribution in [2.45, 2.75) is 32.3 Å². The van der Waals surface area contributed by atoms with Crippen LogP contribution in [0.25, 0.3) is 0 Å². The van der Waals surface area contributed by atoms with Crippen LogP contribution in [0.1, 0.15) is 26.2 Å². The van der Waals surface area contributed by atoms with E-state index in [0.717, 1.165) is 77.1 Å². The van der Waals surface area contributed by atoms with Crippen LogP contribution in [0.15, 0.2) is 12.1 Å². The van der Waals surface area contributed by atoms with E-state index < -0.39 is 0 Å². The topological polar surface area (TPSA) is 65.0 Å². The molecular weight excluding hydrogens is 356 g/mol. The summed E-state index contributed by atoms with van der Waals surface area (Å²) in [5.41, 5.74) is 0. The first kappa shape index (κ1) is 19.4. The van der Waals surface area contributed by atoms with Crippen molar-refractivity contribution >= 4 is 17.5 Å².